The van der Waals surface area contributed by atoms with E-state index in [4.69, 9.17) is 19.2 Å². The minimum atomic E-state index is -0.674. The number of rotatable bonds is 11. The van der Waals surface area contributed by atoms with E-state index in [-0.39, 0.29) is 24.8 Å². The smallest absolute Gasteiger partial charge is 0.338 e. The topological polar surface area (TPSA) is 107 Å². The molecule has 40 heavy (non-hydrogen) atoms. The van der Waals surface area contributed by atoms with Gasteiger partial charge in [-0.05, 0) is 93.6 Å². The number of amides is 2. The minimum Gasteiger partial charge on any atom is -0.494 e. The average molecular weight is 562 g/mol. The van der Waals surface area contributed by atoms with Crippen molar-refractivity contribution in [2.24, 2.45) is 4.99 Å². The number of hydrogen-bond donors (Lipinski definition) is 1. The van der Waals surface area contributed by atoms with Crippen LogP contribution in [0.4, 0.5) is 17.1 Å². The lowest BCUT2D eigenvalue weighted by atomic mass is 10.2. The van der Waals surface area contributed by atoms with Crippen LogP contribution in [-0.4, -0.2) is 48.0 Å². The van der Waals surface area contributed by atoms with Crippen LogP contribution in [0.15, 0.2) is 77.8 Å². The van der Waals surface area contributed by atoms with Crippen molar-refractivity contribution >= 4 is 51.8 Å². The number of carbonyl (C=O) groups excluding carboxylic acids is 3. The van der Waals surface area contributed by atoms with Gasteiger partial charge in [-0.1, -0.05) is 11.8 Å². The lowest BCUT2D eigenvalue weighted by Crippen LogP contribution is -2.33. The summed E-state index contributed by atoms with van der Waals surface area (Å²) in [6.45, 7) is 6.93. The highest BCUT2D eigenvalue weighted by molar-refractivity contribution is 8.16. The number of aliphatic imine (C=N–C) groups is 1. The first-order valence-electron chi connectivity index (χ1n) is 13.0. The Labute approximate surface area is 237 Å². The van der Waals surface area contributed by atoms with Crippen LogP contribution >= 0.6 is 11.8 Å². The van der Waals surface area contributed by atoms with Crippen LogP contribution in [0, 0.1) is 0 Å². The molecule has 1 saturated heterocycles. The van der Waals surface area contributed by atoms with Gasteiger partial charge in [0.15, 0.2) is 5.17 Å². The molecule has 208 valence electrons. The predicted octanol–water partition coefficient (Wildman–Crippen LogP) is 5.83. The summed E-state index contributed by atoms with van der Waals surface area (Å²) in [7, 11) is 0. The van der Waals surface area contributed by atoms with Crippen LogP contribution in [0.1, 0.15) is 37.6 Å². The highest BCUT2D eigenvalue weighted by atomic mass is 32.2. The molecule has 0 aliphatic carbocycles. The van der Waals surface area contributed by atoms with Crippen LogP contribution in [0.5, 0.6) is 11.5 Å². The Hall–Kier alpha value is -4.31. The second kappa shape index (κ2) is 13.7. The van der Waals surface area contributed by atoms with E-state index in [1.165, 1.54) is 16.7 Å². The lowest BCUT2D eigenvalue weighted by molar-refractivity contribution is -0.121. The molecular formula is C30H31N3O6S. The number of amidine groups is 1. The molecule has 2 amide bonds. The number of carbonyl (C=O) groups is 3. The monoisotopic (exact) mass is 561 g/mol. The number of hydrogen-bond acceptors (Lipinski definition) is 8. The van der Waals surface area contributed by atoms with E-state index in [0.29, 0.717) is 46.8 Å². The standard InChI is InChI=1S/C30H31N3O6S/c1-4-37-24-15-11-22(12-16-24)32-30-33(23-13-17-25(18-14-23)38-5-2)28(35)26(40-30)19-27(34)31-21-9-7-20(8-10-21)29(36)39-6-3/h7-18,26H,4-6,19H2,1-3H3,(H,31,34). The second-order valence-electron chi connectivity index (χ2n) is 8.58. The van der Waals surface area contributed by atoms with Gasteiger partial charge in [-0.3, -0.25) is 14.5 Å². The summed E-state index contributed by atoms with van der Waals surface area (Å²) in [5.41, 5.74) is 2.19. The van der Waals surface area contributed by atoms with Crippen LogP contribution in [0.3, 0.4) is 0 Å². The molecule has 1 heterocycles. The fourth-order valence-electron chi connectivity index (χ4n) is 3.95. The zero-order chi connectivity index (χ0) is 28.5. The second-order valence-corrected chi connectivity index (χ2v) is 9.75. The number of benzene rings is 3. The van der Waals surface area contributed by atoms with Crippen molar-refractivity contribution in [3.8, 4) is 11.5 Å². The molecule has 0 saturated carbocycles. The van der Waals surface area contributed by atoms with Gasteiger partial charge in [0.05, 0.1) is 36.8 Å². The molecule has 3 aromatic rings. The van der Waals surface area contributed by atoms with Crippen molar-refractivity contribution < 1.29 is 28.6 Å². The predicted molar refractivity (Wildman–Crippen MR) is 157 cm³/mol. The van der Waals surface area contributed by atoms with Gasteiger partial charge in [-0.2, -0.15) is 0 Å². The van der Waals surface area contributed by atoms with Gasteiger partial charge in [0, 0.05) is 12.1 Å². The number of thioether (sulfide) groups is 1. The van der Waals surface area contributed by atoms with Crippen molar-refractivity contribution in [1.82, 2.24) is 0 Å². The molecular weight excluding hydrogens is 530 g/mol. The van der Waals surface area contributed by atoms with E-state index in [1.54, 1.807) is 55.5 Å². The quantitative estimate of drug-likeness (QED) is 0.294. The maximum atomic E-state index is 13.6. The van der Waals surface area contributed by atoms with Crippen LogP contribution < -0.4 is 19.7 Å². The summed E-state index contributed by atoms with van der Waals surface area (Å²) in [5, 5.41) is 2.59. The Morgan fingerprint density at radius 2 is 1.45 bits per heavy atom. The lowest BCUT2D eigenvalue weighted by Gasteiger charge is -2.17. The van der Waals surface area contributed by atoms with Crippen molar-refractivity contribution in [3.05, 3.63) is 78.4 Å². The Kier molecular flexibility index (Phi) is 9.80. The van der Waals surface area contributed by atoms with Gasteiger partial charge >= 0.3 is 5.97 Å². The van der Waals surface area contributed by atoms with Gasteiger partial charge in [0.1, 0.15) is 16.7 Å². The van der Waals surface area contributed by atoms with Crippen LogP contribution in [0.2, 0.25) is 0 Å². The molecule has 10 heteroatoms. The molecule has 1 fully saturated rings. The Balaban J connectivity index is 1.52. The minimum absolute atomic E-state index is 0.0566. The number of anilines is 2. The molecule has 1 N–H and O–H groups in total. The number of ether oxygens (including phenoxy) is 3. The van der Waals surface area contributed by atoms with Crippen molar-refractivity contribution in [2.75, 3.05) is 30.0 Å². The third kappa shape index (κ3) is 7.20. The number of nitrogens with one attached hydrogen (secondary N) is 1. The molecule has 1 aliphatic rings. The average Bonchev–Trinajstić information content (AvgIpc) is 3.25. The molecule has 1 aliphatic heterocycles. The fourth-order valence-corrected chi connectivity index (χ4v) is 5.10. The molecule has 0 bridgehead atoms. The SMILES string of the molecule is CCOC(=O)c1ccc(NC(=O)CC2SC(=Nc3ccc(OCC)cc3)N(c3ccc(OCC)cc3)C2=O)cc1. The van der Waals surface area contributed by atoms with E-state index in [1.807, 2.05) is 38.1 Å². The molecule has 0 spiro atoms. The Morgan fingerprint density at radius 3 is 2.02 bits per heavy atom. The highest BCUT2D eigenvalue weighted by Crippen LogP contribution is 2.36. The maximum absolute atomic E-state index is 13.6. The first-order chi connectivity index (χ1) is 19.4. The summed E-state index contributed by atoms with van der Waals surface area (Å²) < 4.78 is 16.0. The van der Waals surface area contributed by atoms with Gasteiger partial charge in [0.2, 0.25) is 11.8 Å². The van der Waals surface area contributed by atoms with Crippen molar-refractivity contribution in [1.29, 1.82) is 0 Å². The van der Waals surface area contributed by atoms with Crippen molar-refractivity contribution in [2.45, 2.75) is 32.4 Å². The molecule has 3 aromatic carbocycles. The summed E-state index contributed by atoms with van der Waals surface area (Å²) >= 11 is 1.24. The highest BCUT2D eigenvalue weighted by Gasteiger charge is 2.40. The zero-order valence-electron chi connectivity index (χ0n) is 22.6. The number of nitrogens with zero attached hydrogens (tertiary/aromatic N) is 2. The van der Waals surface area contributed by atoms with E-state index < -0.39 is 11.2 Å². The summed E-state index contributed by atoms with van der Waals surface area (Å²) in [5.74, 6) is 0.424. The van der Waals surface area contributed by atoms with Gasteiger partial charge in [-0.15, -0.1) is 0 Å². The largest absolute Gasteiger partial charge is 0.494 e. The zero-order valence-corrected chi connectivity index (χ0v) is 23.4. The third-order valence-electron chi connectivity index (χ3n) is 5.76. The normalized spacial score (nSPS) is 15.7. The van der Waals surface area contributed by atoms with Gasteiger partial charge in [-0.25, -0.2) is 9.79 Å². The van der Waals surface area contributed by atoms with Crippen LogP contribution in [-0.2, 0) is 14.3 Å². The molecule has 0 radical (unpaired) electrons. The van der Waals surface area contributed by atoms with E-state index in [9.17, 15) is 14.4 Å². The van der Waals surface area contributed by atoms with Crippen LogP contribution in [0.25, 0.3) is 0 Å². The molecule has 1 unspecified atom stereocenters. The first kappa shape index (κ1) is 28.7. The molecule has 9 nitrogen and oxygen atoms in total. The van der Waals surface area contributed by atoms with E-state index in [2.05, 4.69) is 5.32 Å². The van der Waals surface area contributed by atoms with E-state index >= 15 is 0 Å². The van der Waals surface area contributed by atoms with Gasteiger partial charge < -0.3 is 19.5 Å². The first-order valence-corrected chi connectivity index (χ1v) is 13.9. The fraction of sp³-hybridized carbons (Fsp3) is 0.267. The van der Waals surface area contributed by atoms with Crippen molar-refractivity contribution in [3.63, 3.8) is 0 Å². The Morgan fingerprint density at radius 1 is 0.850 bits per heavy atom. The Bertz CT molecular complexity index is 1360. The van der Waals surface area contributed by atoms with Gasteiger partial charge in [0.25, 0.3) is 0 Å². The molecule has 0 aromatic heterocycles. The third-order valence-corrected chi connectivity index (χ3v) is 6.90. The summed E-state index contributed by atoms with van der Waals surface area (Å²) in [6.07, 6.45) is -0.0566. The molecule has 4 rings (SSSR count). The number of esters is 1. The maximum Gasteiger partial charge on any atom is 0.338 e. The van der Waals surface area contributed by atoms with E-state index in [0.717, 1.165) is 5.75 Å². The summed E-state index contributed by atoms with van der Waals surface area (Å²) in [4.78, 5) is 44.6. The summed E-state index contributed by atoms with van der Waals surface area (Å²) in [6, 6.07) is 20.9. The molecule has 1 atom stereocenters.